The molecule has 1 fully saturated rings. The Bertz CT molecular complexity index is 1010. The molecule has 1 aliphatic rings. The van der Waals surface area contributed by atoms with Gasteiger partial charge in [0.2, 0.25) is 12.4 Å². The van der Waals surface area contributed by atoms with Gasteiger partial charge in [0.1, 0.15) is 12.7 Å². The molecular weight excluding hydrogens is 548 g/mol. The smallest absolute Gasteiger partial charge is 0.313 e. The van der Waals surface area contributed by atoms with Crippen molar-refractivity contribution in [3.63, 3.8) is 0 Å². The van der Waals surface area contributed by atoms with E-state index in [2.05, 4.69) is 0 Å². The summed E-state index contributed by atoms with van der Waals surface area (Å²) in [6.07, 6.45) is -7.27. The average molecular weight is 601 g/mol. The van der Waals surface area contributed by atoms with Crippen LogP contribution in [0.4, 0.5) is 0 Å². The standard InChI is InChI=1S/C31H52O11/c1-27(2,3)22(32)37-16-17-18(39-23(33)28(4,5)6)19(40-24(34)29(7,8)9)20(41-25(35)30(10,11)12)21(38-17)42-26(36)31(13,14)15/h17-21H,16H2,1-15H3/t17?,18-,19?,20?,21-/m1/s1. The zero-order chi connectivity index (χ0) is 33.2. The fourth-order valence-electron chi connectivity index (χ4n) is 3.07. The first-order valence-corrected chi connectivity index (χ1v) is 14.2. The second kappa shape index (κ2) is 12.9. The van der Waals surface area contributed by atoms with Gasteiger partial charge in [0.25, 0.3) is 0 Å². The molecule has 11 nitrogen and oxygen atoms in total. The number of ether oxygens (including phenoxy) is 6. The van der Waals surface area contributed by atoms with Gasteiger partial charge in [-0.3, -0.25) is 24.0 Å². The molecular formula is C31H52O11. The summed E-state index contributed by atoms with van der Waals surface area (Å²) in [7, 11) is 0. The van der Waals surface area contributed by atoms with E-state index in [0.29, 0.717) is 0 Å². The number of carbonyl (C=O) groups excluding carboxylic acids is 5. The normalized spacial score (nSPS) is 23.8. The molecule has 0 aromatic heterocycles. The van der Waals surface area contributed by atoms with Crippen LogP contribution in [-0.4, -0.2) is 67.2 Å². The van der Waals surface area contributed by atoms with Crippen LogP contribution in [0.1, 0.15) is 104 Å². The molecule has 0 aliphatic carbocycles. The Morgan fingerprint density at radius 2 is 0.762 bits per heavy atom. The van der Waals surface area contributed by atoms with E-state index in [0.717, 1.165) is 0 Å². The third-order valence-electron chi connectivity index (χ3n) is 5.98. The molecule has 11 heteroatoms. The number of hydrogen-bond donors (Lipinski definition) is 0. The lowest BCUT2D eigenvalue weighted by Crippen LogP contribution is -2.64. The van der Waals surface area contributed by atoms with E-state index < -0.39 is 94.2 Å². The molecule has 0 N–H and O–H groups in total. The van der Waals surface area contributed by atoms with Crippen molar-refractivity contribution < 1.29 is 52.4 Å². The van der Waals surface area contributed by atoms with Crippen LogP contribution in [0.2, 0.25) is 0 Å². The van der Waals surface area contributed by atoms with E-state index in [1.165, 1.54) is 0 Å². The number of rotatable bonds is 6. The minimum absolute atomic E-state index is 0.439. The topological polar surface area (TPSA) is 141 Å². The first-order chi connectivity index (χ1) is 18.6. The Hall–Kier alpha value is -2.69. The van der Waals surface area contributed by atoms with Crippen LogP contribution in [0, 0.1) is 27.1 Å². The second-order valence-corrected chi connectivity index (χ2v) is 15.9. The third-order valence-corrected chi connectivity index (χ3v) is 5.98. The van der Waals surface area contributed by atoms with Gasteiger partial charge in [0.05, 0.1) is 27.1 Å². The van der Waals surface area contributed by atoms with Gasteiger partial charge in [-0.1, -0.05) is 0 Å². The highest BCUT2D eigenvalue weighted by Gasteiger charge is 2.56. The Morgan fingerprint density at radius 3 is 1.12 bits per heavy atom. The zero-order valence-corrected chi connectivity index (χ0v) is 28.1. The van der Waals surface area contributed by atoms with Crippen LogP contribution in [0.25, 0.3) is 0 Å². The van der Waals surface area contributed by atoms with E-state index in [4.69, 9.17) is 28.4 Å². The molecule has 1 heterocycles. The molecule has 0 saturated carbocycles. The second-order valence-electron chi connectivity index (χ2n) is 15.9. The largest absolute Gasteiger partial charge is 0.462 e. The van der Waals surface area contributed by atoms with Crippen LogP contribution < -0.4 is 0 Å². The van der Waals surface area contributed by atoms with Gasteiger partial charge in [-0.2, -0.15) is 0 Å². The van der Waals surface area contributed by atoms with Crippen molar-refractivity contribution in [3.8, 4) is 0 Å². The molecule has 0 amide bonds. The van der Waals surface area contributed by atoms with E-state index in [1.807, 2.05) is 0 Å². The van der Waals surface area contributed by atoms with Crippen LogP contribution in [0.3, 0.4) is 0 Å². The predicted molar refractivity (Wildman–Crippen MR) is 153 cm³/mol. The molecule has 5 atom stereocenters. The minimum Gasteiger partial charge on any atom is -0.462 e. The van der Waals surface area contributed by atoms with Gasteiger partial charge < -0.3 is 28.4 Å². The van der Waals surface area contributed by atoms with Gasteiger partial charge in [-0.15, -0.1) is 0 Å². The summed E-state index contributed by atoms with van der Waals surface area (Å²) < 4.78 is 34.9. The summed E-state index contributed by atoms with van der Waals surface area (Å²) in [5.41, 5.74) is -4.86. The van der Waals surface area contributed by atoms with Crippen molar-refractivity contribution >= 4 is 29.8 Å². The SMILES string of the molecule is CC(C)(C)C(=O)OCC1O[C@H](OC(=O)C(C)(C)C)C(OC(=O)C(C)(C)C)C(OC(=O)C(C)(C)C)[C@@H]1OC(=O)C(C)(C)C. The van der Waals surface area contributed by atoms with Crippen molar-refractivity contribution in [2.24, 2.45) is 27.1 Å². The molecule has 0 spiro atoms. The fourth-order valence-corrected chi connectivity index (χ4v) is 3.07. The van der Waals surface area contributed by atoms with Gasteiger partial charge >= 0.3 is 29.8 Å². The van der Waals surface area contributed by atoms with Crippen LogP contribution in [0.5, 0.6) is 0 Å². The lowest BCUT2D eigenvalue weighted by molar-refractivity contribution is -0.306. The molecule has 1 saturated heterocycles. The van der Waals surface area contributed by atoms with Crippen molar-refractivity contribution in [2.45, 2.75) is 135 Å². The molecule has 0 aromatic carbocycles. The Balaban J connectivity index is 3.82. The van der Waals surface area contributed by atoms with Gasteiger partial charge in [0, 0.05) is 0 Å². The highest BCUT2D eigenvalue weighted by atomic mass is 16.7. The first-order valence-electron chi connectivity index (χ1n) is 14.2. The van der Waals surface area contributed by atoms with Gasteiger partial charge in [-0.25, -0.2) is 0 Å². The first kappa shape index (κ1) is 37.3. The maximum Gasteiger partial charge on any atom is 0.313 e. The third kappa shape index (κ3) is 10.5. The molecule has 3 unspecified atom stereocenters. The fraction of sp³-hybridized carbons (Fsp3) is 0.839. The summed E-state index contributed by atoms with van der Waals surface area (Å²) in [6, 6.07) is 0. The van der Waals surface area contributed by atoms with Crippen LogP contribution in [0.15, 0.2) is 0 Å². The monoisotopic (exact) mass is 600 g/mol. The maximum absolute atomic E-state index is 13.2. The molecule has 242 valence electrons. The zero-order valence-electron chi connectivity index (χ0n) is 28.1. The van der Waals surface area contributed by atoms with E-state index in [-0.39, 0.29) is 0 Å². The van der Waals surface area contributed by atoms with E-state index >= 15 is 0 Å². The van der Waals surface area contributed by atoms with E-state index in [1.54, 1.807) is 104 Å². The summed E-state index contributed by atoms with van der Waals surface area (Å²) in [5.74, 6) is -3.34. The van der Waals surface area contributed by atoms with Crippen LogP contribution in [-0.2, 0) is 52.4 Å². The molecule has 42 heavy (non-hydrogen) atoms. The Labute approximate surface area is 250 Å². The number of carbonyl (C=O) groups is 5. The van der Waals surface area contributed by atoms with Gasteiger partial charge in [0.15, 0.2) is 12.2 Å². The lowest BCUT2D eigenvalue weighted by atomic mass is 9.92. The number of hydrogen-bond acceptors (Lipinski definition) is 11. The van der Waals surface area contributed by atoms with Crippen molar-refractivity contribution in [3.05, 3.63) is 0 Å². The van der Waals surface area contributed by atoms with Gasteiger partial charge in [-0.05, 0) is 104 Å². The molecule has 0 bridgehead atoms. The highest BCUT2D eigenvalue weighted by molar-refractivity contribution is 5.78. The van der Waals surface area contributed by atoms with E-state index in [9.17, 15) is 24.0 Å². The van der Waals surface area contributed by atoms with Crippen molar-refractivity contribution in [2.75, 3.05) is 6.61 Å². The quantitative estimate of drug-likeness (QED) is 0.308. The molecule has 0 radical (unpaired) electrons. The molecule has 0 aromatic rings. The van der Waals surface area contributed by atoms with Crippen molar-refractivity contribution in [1.29, 1.82) is 0 Å². The summed E-state index contributed by atoms with van der Waals surface area (Å²) in [5, 5.41) is 0. The average Bonchev–Trinajstić information content (AvgIpc) is 2.77. The maximum atomic E-state index is 13.2. The Morgan fingerprint density at radius 1 is 0.452 bits per heavy atom. The summed E-state index contributed by atoms with van der Waals surface area (Å²) >= 11 is 0. The van der Waals surface area contributed by atoms with Crippen molar-refractivity contribution in [1.82, 2.24) is 0 Å². The minimum atomic E-state index is -1.59. The predicted octanol–water partition coefficient (Wildman–Crippen LogP) is 4.76. The summed E-state index contributed by atoms with van der Waals surface area (Å²) in [4.78, 5) is 65.3. The summed E-state index contributed by atoms with van der Waals surface area (Å²) in [6.45, 7) is 24.1. The molecule has 1 aliphatic heterocycles. The number of esters is 5. The Kier molecular flexibility index (Phi) is 11.5. The van der Waals surface area contributed by atoms with Crippen LogP contribution >= 0.6 is 0 Å². The lowest BCUT2D eigenvalue weighted by Gasteiger charge is -2.45. The molecule has 1 rings (SSSR count). The highest BCUT2D eigenvalue weighted by Crippen LogP contribution is 2.35.